The second-order valence-electron chi connectivity index (χ2n) is 4.02. The fourth-order valence-corrected chi connectivity index (χ4v) is 1.77. The van der Waals surface area contributed by atoms with Crippen molar-refractivity contribution in [2.75, 3.05) is 5.73 Å². The summed E-state index contributed by atoms with van der Waals surface area (Å²) in [5.41, 5.74) is 7.18. The predicted molar refractivity (Wildman–Crippen MR) is 72.9 cm³/mol. The average molecular weight is 280 g/mol. The summed E-state index contributed by atoms with van der Waals surface area (Å²) in [7, 11) is 0. The van der Waals surface area contributed by atoms with Gasteiger partial charge in [0, 0.05) is 24.0 Å². The Morgan fingerprint density at radius 1 is 1.53 bits per heavy atom. The van der Waals surface area contributed by atoms with Crippen LogP contribution in [0.1, 0.15) is 22.8 Å². The number of carbonyl (C=O) groups excluding carboxylic acids is 1. The van der Waals surface area contributed by atoms with Crippen molar-refractivity contribution in [2.24, 2.45) is 0 Å². The number of benzene rings is 1. The van der Waals surface area contributed by atoms with E-state index in [1.54, 1.807) is 23.0 Å². The molecule has 6 heteroatoms. The van der Waals surface area contributed by atoms with Gasteiger partial charge in [-0.3, -0.25) is 4.68 Å². The van der Waals surface area contributed by atoms with Crippen molar-refractivity contribution in [1.82, 2.24) is 9.78 Å². The number of ether oxygens (including phenoxy) is 1. The molecule has 0 saturated carbocycles. The summed E-state index contributed by atoms with van der Waals surface area (Å²) in [5.74, 6) is -0.499. The molecule has 0 spiro atoms. The first kappa shape index (κ1) is 13.4. The number of esters is 1. The first-order valence-corrected chi connectivity index (χ1v) is 6.21. The SMILES string of the molecule is CCn1cc(COC(=O)c2cc(N)ccc2Cl)cn1. The third-order valence-electron chi connectivity index (χ3n) is 2.59. The summed E-state index contributed by atoms with van der Waals surface area (Å²) in [6, 6.07) is 4.70. The lowest BCUT2D eigenvalue weighted by Crippen LogP contribution is -2.06. The minimum atomic E-state index is -0.499. The number of nitrogen functional groups attached to an aromatic ring is 1. The van der Waals surface area contributed by atoms with Crippen LogP contribution in [-0.2, 0) is 17.9 Å². The van der Waals surface area contributed by atoms with E-state index in [0.29, 0.717) is 10.7 Å². The Hall–Kier alpha value is -2.01. The van der Waals surface area contributed by atoms with Gasteiger partial charge in [-0.1, -0.05) is 11.6 Å². The molecule has 0 unspecified atom stereocenters. The standard InChI is InChI=1S/C13H14ClN3O2/c1-2-17-7-9(6-16-17)8-19-13(18)11-5-10(15)3-4-12(11)14/h3-7H,2,8,15H2,1H3. The van der Waals surface area contributed by atoms with Crippen LogP contribution in [0.4, 0.5) is 5.69 Å². The van der Waals surface area contributed by atoms with E-state index in [2.05, 4.69) is 5.10 Å². The van der Waals surface area contributed by atoms with Crippen LogP contribution in [-0.4, -0.2) is 15.7 Å². The monoisotopic (exact) mass is 279 g/mol. The molecule has 0 atom stereocenters. The second kappa shape index (κ2) is 5.75. The Labute approximate surface area is 115 Å². The molecule has 0 aliphatic rings. The summed E-state index contributed by atoms with van der Waals surface area (Å²) in [6.45, 7) is 2.91. The molecular weight excluding hydrogens is 266 g/mol. The number of halogens is 1. The first-order chi connectivity index (χ1) is 9.10. The molecule has 0 amide bonds. The number of rotatable bonds is 4. The van der Waals surface area contributed by atoms with E-state index in [0.717, 1.165) is 12.1 Å². The van der Waals surface area contributed by atoms with Gasteiger partial charge in [-0.2, -0.15) is 5.10 Å². The number of carbonyl (C=O) groups is 1. The van der Waals surface area contributed by atoms with E-state index in [9.17, 15) is 4.79 Å². The molecule has 0 bridgehead atoms. The van der Waals surface area contributed by atoms with Crippen LogP contribution in [0.3, 0.4) is 0 Å². The molecule has 2 aromatic rings. The number of hydrogen-bond acceptors (Lipinski definition) is 4. The molecule has 2 rings (SSSR count). The Morgan fingerprint density at radius 2 is 2.32 bits per heavy atom. The third-order valence-corrected chi connectivity index (χ3v) is 2.92. The smallest absolute Gasteiger partial charge is 0.340 e. The molecular formula is C13H14ClN3O2. The Balaban J connectivity index is 2.03. The Kier molecular flexibility index (Phi) is 4.06. The largest absolute Gasteiger partial charge is 0.457 e. The molecule has 0 saturated heterocycles. The minimum absolute atomic E-state index is 0.157. The molecule has 19 heavy (non-hydrogen) atoms. The van der Waals surface area contributed by atoms with Crippen LogP contribution >= 0.6 is 11.6 Å². The maximum atomic E-state index is 11.9. The highest BCUT2D eigenvalue weighted by Crippen LogP contribution is 2.20. The van der Waals surface area contributed by atoms with Crippen molar-refractivity contribution in [3.05, 3.63) is 46.7 Å². The molecule has 1 aromatic carbocycles. The van der Waals surface area contributed by atoms with Crippen molar-refractivity contribution in [1.29, 1.82) is 0 Å². The number of anilines is 1. The molecule has 0 aliphatic carbocycles. The van der Waals surface area contributed by atoms with Gasteiger partial charge in [0.15, 0.2) is 0 Å². The lowest BCUT2D eigenvalue weighted by atomic mass is 10.2. The zero-order chi connectivity index (χ0) is 13.8. The van der Waals surface area contributed by atoms with Gasteiger partial charge < -0.3 is 10.5 Å². The fourth-order valence-electron chi connectivity index (χ4n) is 1.58. The van der Waals surface area contributed by atoms with Crippen LogP contribution < -0.4 is 5.73 Å². The van der Waals surface area contributed by atoms with E-state index in [4.69, 9.17) is 22.1 Å². The van der Waals surface area contributed by atoms with Gasteiger partial charge in [0.2, 0.25) is 0 Å². The van der Waals surface area contributed by atoms with E-state index in [1.165, 1.54) is 6.07 Å². The van der Waals surface area contributed by atoms with Gasteiger partial charge in [0.25, 0.3) is 0 Å². The normalized spacial score (nSPS) is 10.4. The van der Waals surface area contributed by atoms with Crippen molar-refractivity contribution < 1.29 is 9.53 Å². The van der Waals surface area contributed by atoms with Crippen molar-refractivity contribution >= 4 is 23.3 Å². The summed E-state index contributed by atoms with van der Waals surface area (Å²) in [6.07, 6.45) is 3.49. The first-order valence-electron chi connectivity index (χ1n) is 5.83. The van der Waals surface area contributed by atoms with Crippen molar-refractivity contribution in [2.45, 2.75) is 20.1 Å². The van der Waals surface area contributed by atoms with Crippen LogP contribution in [0.2, 0.25) is 5.02 Å². The topological polar surface area (TPSA) is 70.1 Å². The van der Waals surface area contributed by atoms with E-state index < -0.39 is 5.97 Å². The minimum Gasteiger partial charge on any atom is -0.457 e. The van der Waals surface area contributed by atoms with E-state index >= 15 is 0 Å². The van der Waals surface area contributed by atoms with Gasteiger partial charge >= 0.3 is 5.97 Å². The number of aromatic nitrogens is 2. The average Bonchev–Trinajstić information content (AvgIpc) is 2.87. The Morgan fingerprint density at radius 3 is 3.00 bits per heavy atom. The third kappa shape index (κ3) is 3.26. The number of nitrogens with two attached hydrogens (primary N) is 1. The summed E-state index contributed by atoms with van der Waals surface area (Å²) < 4.78 is 6.94. The van der Waals surface area contributed by atoms with Crippen LogP contribution in [0.25, 0.3) is 0 Å². The van der Waals surface area contributed by atoms with Crippen molar-refractivity contribution in [3.63, 3.8) is 0 Å². The molecule has 0 fully saturated rings. The number of aryl methyl sites for hydroxylation is 1. The summed E-state index contributed by atoms with van der Waals surface area (Å²) >= 11 is 5.93. The number of nitrogens with zero attached hydrogens (tertiary/aromatic N) is 2. The lowest BCUT2D eigenvalue weighted by molar-refractivity contribution is 0.0473. The van der Waals surface area contributed by atoms with Gasteiger partial charge in [0.1, 0.15) is 6.61 Å². The molecule has 5 nitrogen and oxygen atoms in total. The highest BCUT2D eigenvalue weighted by molar-refractivity contribution is 6.33. The van der Waals surface area contributed by atoms with Crippen LogP contribution in [0, 0.1) is 0 Å². The highest BCUT2D eigenvalue weighted by atomic mass is 35.5. The fraction of sp³-hybridized carbons (Fsp3) is 0.231. The highest BCUT2D eigenvalue weighted by Gasteiger charge is 2.12. The van der Waals surface area contributed by atoms with Crippen LogP contribution in [0.15, 0.2) is 30.6 Å². The van der Waals surface area contributed by atoms with Gasteiger partial charge in [0.05, 0.1) is 16.8 Å². The molecule has 0 radical (unpaired) electrons. The maximum Gasteiger partial charge on any atom is 0.340 e. The molecule has 0 aliphatic heterocycles. The summed E-state index contributed by atoms with van der Waals surface area (Å²) in [4.78, 5) is 11.9. The van der Waals surface area contributed by atoms with Gasteiger partial charge in [-0.15, -0.1) is 0 Å². The Bertz CT molecular complexity index is 595. The molecule has 1 aromatic heterocycles. The second-order valence-corrected chi connectivity index (χ2v) is 4.43. The van der Waals surface area contributed by atoms with Gasteiger partial charge in [-0.05, 0) is 25.1 Å². The quantitative estimate of drug-likeness (QED) is 0.689. The lowest BCUT2D eigenvalue weighted by Gasteiger charge is -2.05. The molecule has 2 N–H and O–H groups in total. The van der Waals surface area contributed by atoms with Crippen molar-refractivity contribution in [3.8, 4) is 0 Å². The molecule has 100 valence electrons. The number of hydrogen-bond donors (Lipinski definition) is 1. The van der Waals surface area contributed by atoms with E-state index in [-0.39, 0.29) is 12.2 Å². The molecule has 1 heterocycles. The zero-order valence-corrected chi connectivity index (χ0v) is 11.2. The maximum absolute atomic E-state index is 11.9. The van der Waals surface area contributed by atoms with E-state index in [1.807, 2.05) is 13.1 Å². The summed E-state index contributed by atoms with van der Waals surface area (Å²) in [5, 5.41) is 4.42. The van der Waals surface area contributed by atoms with Gasteiger partial charge in [-0.25, -0.2) is 4.79 Å². The predicted octanol–water partition coefficient (Wildman–Crippen LogP) is 2.50. The van der Waals surface area contributed by atoms with Crippen LogP contribution in [0.5, 0.6) is 0 Å². The zero-order valence-electron chi connectivity index (χ0n) is 10.5.